The number of aromatic hydroxyl groups is 1. The van der Waals surface area contributed by atoms with Crippen molar-refractivity contribution >= 4 is 11.6 Å². The lowest BCUT2D eigenvalue weighted by atomic mass is 10.00. The molecule has 1 heterocycles. The van der Waals surface area contributed by atoms with Gasteiger partial charge in [0.25, 0.3) is 0 Å². The van der Waals surface area contributed by atoms with Crippen LogP contribution in [0.25, 0.3) is 22.5 Å². The molecule has 112 valence electrons. The van der Waals surface area contributed by atoms with E-state index in [1.807, 2.05) is 37.3 Å². The molecule has 2 N–H and O–H groups in total. The Morgan fingerprint density at radius 1 is 1.18 bits per heavy atom. The minimum absolute atomic E-state index is 0.0266. The average Bonchev–Trinajstić information content (AvgIpc) is 2.96. The Balaban J connectivity index is 2.15. The van der Waals surface area contributed by atoms with Crippen LogP contribution in [0.15, 0.2) is 42.5 Å². The monoisotopic (exact) mass is 316 g/mol. The molecule has 0 spiro atoms. The maximum absolute atomic E-state index is 13.7. The van der Waals surface area contributed by atoms with Crippen LogP contribution < -0.4 is 0 Å². The summed E-state index contributed by atoms with van der Waals surface area (Å²) in [7, 11) is 0. The van der Waals surface area contributed by atoms with Gasteiger partial charge >= 0.3 is 0 Å². The SMILES string of the molecule is CCc1c(-c2cc(F)c(O)c(Cl)c2)n[nH]c1-c1ccccc1. The van der Waals surface area contributed by atoms with E-state index >= 15 is 0 Å². The lowest BCUT2D eigenvalue weighted by Crippen LogP contribution is -1.89. The Morgan fingerprint density at radius 2 is 1.91 bits per heavy atom. The Bertz CT molecular complexity index is 792. The van der Waals surface area contributed by atoms with Crippen molar-refractivity contribution in [2.75, 3.05) is 0 Å². The normalized spacial score (nSPS) is 10.9. The molecule has 0 atom stereocenters. The fourth-order valence-corrected chi connectivity index (χ4v) is 2.70. The molecule has 0 saturated carbocycles. The van der Waals surface area contributed by atoms with Crippen LogP contribution >= 0.6 is 11.6 Å². The molecule has 22 heavy (non-hydrogen) atoms. The van der Waals surface area contributed by atoms with Crippen molar-refractivity contribution in [1.29, 1.82) is 0 Å². The summed E-state index contributed by atoms with van der Waals surface area (Å²) in [6.07, 6.45) is 0.732. The Morgan fingerprint density at radius 3 is 2.55 bits per heavy atom. The molecule has 0 bridgehead atoms. The van der Waals surface area contributed by atoms with Gasteiger partial charge in [0.05, 0.1) is 16.4 Å². The fraction of sp³-hybridized carbons (Fsp3) is 0.118. The number of nitrogens with one attached hydrogen (secondary N) is 1. The van der Waals surface area contributed by atoms with Crippen molar-refractivity contribution in [3.05, 3.63) is 58.9 Å². The minimum Gasteiger partial charge on any atom is -0.504 e. The highest BCUT2D eigenvalue weighted by Gasteiger charge is 2.17. The molecule has 1 aromatic heterocycles. The van der Waals surface area contributed by atoms with Gasteiger partial charge in [0, 0.05) is 11.1 Å². The molecule has 0 fully saturated rings. The summed E-state index contributed by atoms with van der Waals surface area (Å²) in [5.41, 5.74) is 4.08. The van der Waals surface area contributed by atoms with Gasteiger partial charge in [-0.2, -0.15) is 5.10 Å². The zero-order valence-corrected chi connectivity index (χ0v) is 12.7. The standard InChI is InChI=1S/C17H14ClFN2O/c1-2-12-15(10-6-4-3-5-7-10)20-21-16(12)11-8-13(18)17(22)14(19)9-11/h3-9,22H,2H2,1H3,(H,20,21). The number of halogens is 2. The van der Waals surface area contributed by atoms with E-state index in [0.717, 1.165) is 23.2 Å². The van der Waals surface area contributed by atoms with Gasteiger partial charge in [0.15, 0.2) is 11.6 Å². The Labute approximate surface area is 132 Å². The third-order valence-corrected chi connectivity index (χ3v) is 3.86. The zero-order valence-electron chi connectivity index (χ0n) is 11.9. The lowest BCUT2D eigenvalue weighted by molar-refractivity contribution is 0.433. The van der Waals surface area contributed by atoms with Crippen LogP contribution in [-0.2, 0) is 6.42 Å². The van der Waals surface area contributed by atoms with Crippen molar-refractivity contribution in [2.24, 2.45) is 0 Å². The first-order valence-electron chi connectivity index (χ1n) is 6.92. The largest absolute Gasteiger partial charge is 0.504 e. The van der Waals surface area contributed by atoms with E-state index in [1.54, 1.807) is 0 Å². The van der Waals surface area contributed by atoms with Gasteiger partial charge in [-0.15, -0.1) is 0 Å². The van der Waals surface area contributed by atoms with E-state index in [-0.39, 0.29) is 5.02 Å². The molecular weight excluding hydrogens is 303 g/mol. The van der Waals surface area contributed by atoms with Crippen LogP contribution in [0.3, 0.4) is 0 Å². The molecule has 3 rings (SSSR count). The third-order valence-electron chi connectivity index (χ3n) is 3.57. The fourth-order valence-electron chi connectivity index (χ4n) is 2.49. The summed E-state index contributed by atoms with van der Waals surface area (Å²) in [6, 6.07) is 12.6. The number of H-pyrrole nitrogens is 1. The maximum Gasteiger partial charge on any atom is 0.170 e. The molecule has 0 aliphatic rings. The summed E-state index contributed by atoms with van der Waals surface area (Å²) in [4.78, 5) is 0. The summed E-state index contributed by atoms with van der Waals surface area (Å²) in [5, 5.41) is 16.8. The average molecular weight is 317 g/mol. The van der Waals surface area contributed by atoms with Crippen LogP contribution in [0.4, 0.5) is 4.39 Å². The number of benzene rings is 2. The van der Waals surface area contributed by atoms with Crippen LogP contribution in [-0.4, -0.2) is 15.3 Å². The topological polar surface area (TPSA) is 48.9 Å². The van der Waals surface area contributed by atoms with E-state index in [1.165, 1.54) is 12.1 Å². The van der Waals surface area contributed by atoms with Crippen LogP contribution in [0.5, 0.6) is 5.75 Å². The summed E-state index contributed by atoms with van der Waals surface area (Å²) >= 11 is 5.86. The predicted molar refractivity (Wildman–Crippen MR) is 85.5 cm³/mol. The minimum atomic E-state index is -0.756. The second-order valence-corrected chi connectivity index (χ2v) is 5.34. The second kappa shape index (κ2) is 5.81. The van der Waals surface area contributed by atoms with E-state index < -0.39 is 11.6 Å². The molecule has 5 heteroatoms. The lowest BCUT2D eigenvalue weighted by Gasteiger charge is -2.06. The number of phenolic OH excluding ortho intramolecular Hbond substituents is 1. The van der Waals surface area contributed by atoms with E-state index in [4.69, 9.17) is 11.6 Å². The number of phenols is 1. The van der Waals surface area contributed by atoms with Gasteiger partial charge in [-0.25, -0.2) is 4.39 Å². The summed E-state index contributed by atoms with van der Waals surface area (Å²) in [6.45, 7) is 2.01. The molecule has 0 amide bonds. The van der Waals surface area contributed by atoms with Gasteiger partial charge < -0.3 is 5.11 Å². The number of hydrogen-bond donors (Lipinski definition) is 2. The van der Waals surface area contributed by atoms with Gasteiger partial charge in [-0.3, -0.25) is 5.10 Å². The van der Waals surface area contributed by atoms with Crippen molar-refractivity contribution in [2.45, 2.75) is 13.3 Å². The van der Waals surface area contributed by atoms with E-state index in [2.05, 4.69) is 10.2 Å². The molecule has 0 radical (unpaired) electrons. The molecule has 2 aromatic carbocycles. The van der Waals surface area contributed by atoms with Crippen LogP contribution in [0.2, 0.25) is 5.02 Å². The highest BCUT2D eigenvalue weighted by molar-refractivity contribution is 6.32. The van der Waals surface area contributed by atoms with Crippen molar-refractivity contribution < 1.29 is 9.50 Å². The van der Waals surface area contributed by atoms with Gasteiger partial charge in [-0.1, -0.05) is 48.9 Å². The summed E-state index contributed by atoms with van der Waals surface area (Å²) < 4.78 is 13.7. The van der Waals surface area contributed by atoms with Gasteiger partial charge in [0.2, 0.25) is 0 Å². The second-order valence-electron chi connectivity index (χ2n) is 4.93. The number of aromatic nitrogens is 2. The van der Waals surface area contributed by atoms with Crippen LogP contribution in [0.1, 0.15) is 12.5 Å². The Hall–Kier alpha value is -2.33. The quantitative estimate of drug-likeness (QED) is 0.729. The molecule has 0 aliphatic carbocycles. The van der Waals surface area contributed by atoms with E-state index in [9.17, 15) is 9.50 Å². The van der Waals surface area contributed by atoms with Crippen molar-refractivity contribution in [3.63, 3.8) is 0 Å². The molecule has 0 aliphatic heterocycles. The highest BCUT2D eigenvalue weighted by Crippen LogP contribution is 2.35. The number of aromatic amines is 1. The third kappa shape index (κ3) is 2.46. The smallest absolute Gasteiger partial charge is 0.170 e. The van der Waals surface area contributed by atoms with E-state index in [0.29, 0.717) is 11.3 Å². The molecule has 3 aromatic rings. The maximum atomic E-state index is 13.7. The van der Waals surface area contributed by atoms with Gasteiger partial charge in [-0.05, 0) is 24.1 Å². The first-order chi connectivity index (χ1) is 10.6. The number of nitrogens with zero attached hydrogens (tertiary/aromatic N) is 1. The molecule has 3 nitrogen and oxygen atoms in total. The number of rotatable bonds is 3. The first-order valence-corrected chi connectivity index (χ1v) is 7.30. The summed E-state index contributed by atoms with van der Waals surface area (Å²) in [5.74, 6) is -1.30. The highest BCUT2D eigenvalue weighted by atomic mass is 35.5. The predicted octanol–water partition coefficient (Wildman–Crippen LogP) is 4.80. The van der Waals surface area contributed by atoms with Crippen molar-refractivity contribution in [1.82, 2.24) is 10.2 Å². The Kier molecular flexibility index (Phi) is 3.86. The molecule has 0 saturated heterocycles. The molecule has 0 unspecified atom stereocenters. The first kappa shape index (κ1) is 14.6. The zero-order chi connectivity index (χ0) is 15.7. The number of hydrogen-bond acceptors (Lipinski definition) is 2. The molecular formula is C17H14ClFN2O. The van der Waals surface area contributed by atoms with Crippen LogP contribution in [0, 0.1) is 5.82 Å². The van der Waals surface area contributed by atoms with Crippen molar-refractivity contribution in [3.8, 4) is 28.3 Å². The van der Waals surface area contributed by atoms with Gasteiger partial charge in [0.1, 0.15) is 0 Å².